The second-order valence-electron chi connectivity index (χ2n) is 3.51. The van der Waals surface area contributed by atoms with Gasteiger partial charge in [-0.05, 0) is 17.7 Å². The first kappa shape index (κ1) is 11.2. The van der Waals surface area contributed by atoms with Crippen molar-refractivity contribution in [2.75, 3.05) is 0 Å². The van der Waals surface area contributed by atoms with Crippen molar-refractivity contribution in [2.24, 2.45) is 5.73 Å². The van der Waals surface area contributed by atoms with E-state index in [1.54, 1.807) is 12.4 Å². The highest BCUT2D eigenvalue weighted by Crippen LogP contribution is 2.12. The van der Waals surface area contributed by atoms with Crippen LogP contribution in [0.5, 0.6) is 0 Å². The molecule has 1 heterocycles. The molecule has 0 atom stereocenters. The molecule has 2 rings (SSSR count). The summed E-state index contributed by atoms with van der Waals surface area (Å²) in [6.07, 6.45) is 4.31. The molecular weight excluding hydrogens is 266 g/mol. The van der Waals surface area contributed by atoms with Crippen LogP contribution in [0.25, 0.3) is 0 Å². The smallest absolute Gasteiger partial charge is 0.132 e. The van der Waals surface area contributed by atoms with Gasteiger partial charge in [0.05, 0.1) is 0 Å². The van der Waals surface area contributed by atoms with Crippen molar-refractivity contribution in [1.82, 2.24) is 9.97 Å². The number of hydrogen-bond donors (Lipinski definition) is 1. The standard InChI is InChI=1S/C12H12BrN3/c13-11-3-1-9(2-4-11)5-12-15-7-10(6-14)8-16-12/h1-4,7-8H,5-6,14H2. The number of aromatic nitrogens is 2. The van der Waals surface area contributed by atoms with Gasteiger partial charge in [0.1, 0.15) is 5.82 Å². The molecule has 0 saturated carbocycles. The van der Waals surface area contributed by atoms with Crippen molar-refractivity contribution in [2.45, 2.75) is 13.0 Å². The Bertz CT molecular complexity index is 451. The van der Waals surface area contributed by atoms with Gasteiger partial charge in [0.15, 0.2) is 0 Å². The molecule has 2 aromatic rings. The Balaban J connectivity index is 2.11. The second-order valence-corrected chi connectivity index (χ2v) is 4.43. The van der Waals surface area contributed by atoms with Crippen LogP contribution in [0, 0.1) is 0 Å². The first-order valence-corrected chi connectivity index (χ1v) is 5.81. The summed E-state index contributed by atoms with van der Waals surface area (Å²) in [7, 11) is 0. The van der Waals surface area contributed by atoms with Crippen molar-refractivity contribution in [1.29, 1.82) is 0 Å². The molecule has 3 nitrogen and oxygen atoms in total. The molecule has 82 valence electrons. The van der Waals surface area contributed by atoms with E-state index >= 15 is 0 Å². The molecule has 0 aliphatic rings. The number of rotatable bonds is 3. The molecular formula is C12H12BrN3. The highest BCUT2D eigenvalue weighted by molar-refractivity contribution is 9.10. The van der Waals surface area contributed by atoms with Crippen LogP contribution in [0.3, 0.4) is 0 Å². The van der Waals surface area contributed by atoms with E-state index in [0.717, 1.165) is 22.3 Å². The molecule has 0 spiro atoms. The summed E-state index contributed by atoms with van der Waals surface area (Å²) >= 11 is 3.40. The quantitative estimate of drug-likeness (QED) is 0.937. The second kappa shape index (κ2) is 5.18. The summed E-state index contributed by atoms with van der Waals surface area (Å²) in [6.45, 7) is 0.485. The van der Waals surface area contributed by atoms with Crippen LogP contribution in [-0.2, 0) is 13.0 Å². The lowest BCUT2D eigenvalue weighted by Gasteiger charge is -2.01. The molecule has 4 heteroatoms. The predicted molar refractivity (Wildman–Crippen MR) is 66.9 cm³/mol. The zero-order valence-corrected chi connectivity index (χ0v) is 10.3. The SMILES string of the molecule is NCc1cnc(Cc2ccc(Br)cc2)nc1. The lowest BCUT2D eigenvalue weighted by atomic mass is 10.1. The van der Waals surface area contributed by atoms with E-state index in [1.165, 1.54) is 5.56 Å². The van der Waals surface area contributed by atoms with Gasteiger partial charge in [0.25, 0.3) is 0 Å². The Morgan fingerprint density at radius 2 is 1.62 bits per heavy atom. The van der Waals surface area contributed by atoms with Crippen molar-refractivity contribution in [3.8, 4) is 0 Å². The largest absolute Gasteiger partial charge is 0.326 e. The van der Waals surface area contributed by atoms with Gasteiger partial charge in [0, 0.05) is 35.4 Å². The van der Waals surface area contributed by atoms with Gasteiger partial charge in [-0.2, -0.15) is 0 Å². The number of hydrogen-bond acceptors (Lipinski definition) is 3. The molecule has 0 amide bonds. The maximum absolute atomic E-state index is 5.48. The average Bonchev–Trinajstić information content (AvgIpc) is 2.33. The van der Waals surface area contributed by atoms with Gasteiger partial charge in [-0.1, -0.05) is 28.1 Å². The molecule has 0 aliphatic carbocycles. The molecule has 16 heavy (non-hydrogen) atoms. The fourth-order valence-corrected chi connectivity index (χ4v) is 1.63. The molecule has 0 saturated heterocycles. The Labute approximate surface area is 103 Å². The third kappa shape index (κ3) is 2.87. The van der Waals surface area contributed by atoms with Crippen LogP contribution in [0.4, 0.5) is 0 Å². The Kier molecular flexibility index (Phi) is 3.64. The van der Waals surface area contributed by atoms with Gasteiger partial charge in [-0.3, -0.25) is 0 Å². The van der Waals surface area contributed by atoms with Gasteiger partial charge in [-0.15, -0.1) is 0 Å². The van der Waals surface area contributed by atoms with Crippen LogP contribution in [0.1, 0.15) is 17.0 Å². The Hall–Kier alpha value is -1.26. The van der Waals surface area contributed by atoms with E-state index in [0.29, 0.717) is 6.54 Å². The first-order chi connectivity index (χ1) is 7.78. The molecule has 0 bridgehead atoms. The number of benzene rings is 1. The van der Waals surface area contributed by atoms with Gasteiger partial charge >= 0.3 is 0 Å². The summed E-state index contributed by atoms with van der Waals surface area (Å²) in [6, 6.07) is 8.15. The molecule has 2 N–H and O–H groups in total. The van der Waals surface area contributed by atoms with Gasteiger partial charge in [0.2, 0.25) is 0 Å². The lowest BCUT2D eigenvalue weighted by molar-refractivity contribution is 0.925. The van der Waals surface area contributed by atoms with Gasteiger partial charge < -0.3 is 5.73 Å². The minimum Gasteiger partial charge on any atom is -0.326 e. The summed E-state index contributed by atoms with van der Waals surface area (Å²) in [4.78, 5) is 8.53. The maximum Gasteiger partial charge on any atom is 0.132 e. The van der Waals surface area contributed by atoms with E-state index in [4.69, 9.17) is 5.73 Å². The highest BCUT2D eigenvalue weighted by atomic mass is 79.9. The van der Waals surface area contributed by atoms with Crippen LogP contribution < -0.4 is 5.73 Å². The molecule has 0 aliphatic heterocycles. The van der Waals surface area contributed by atoms with E-state index in [9.17, 15) is 0 Å². The molecule has 1 aromatic heterocycles. The van der Waals surface area contributed by atoms with Crippen molar-refractivity contribution in [3.05, 3.63) is 58.1 Å². The normalized spacial score (nSPS) is 10.4. The predicted octanol–water partition coefficient (Wildman–Crippen LogP) is 2.29. The summed E-state index contributed by atoms with van der Waals surface area (Å²) in [5, 5.41) is 0. The van der Waals surface area contributed by atoms with Crippen molar-refractivity contribution < 1.29 is 0 Å². The molecule has 0 fully saturated rings. The zero-order chi connectivity index (χ0) is 11.4. The Morgan fingerprint density at radius 3 is 2.19 bits per heavy atom. The van der Waals surface area contributed by atoms with Crippen LogP contribution in [-0.4, -0.2) is 9.97 Å². The van der Waals surface area contributed by atoms with Crippen molar-refractivity contribution in [3.63, 3.8) is 0 Å². The topological polar surface area (TPSA) is 51.8 Å². The number of nitrogens with two attached hydrogens (primary N) is 1. The third-order valence-electron chi connectivity index (χ3n) is 2.27. The van der Waals surface area contributed by atoms with E-state index < -0.39 is 0 Å². The number of nitrogens with zero attached hydrogens (tertiary/aromatic N) is 2. The highest BCUT2D eigenvalue weighted by Gasteiger charge is 1.99. The number of halogens is 1. The molecule has 0 radical (unpaired) electrons. The minimum absolute atomic E-state index is 0.485. The summed E-state index contributed by atoms with van der Waals surface area (Å²) in [5.74, 6) is 0.819. The van der Waals surface area contributed by atoms with Gasteiger partial charge in [-0.25, -0.2) is 9.97 Å². The van der Waals surface area contributed by atoms with Crippen molar-refractivity contribution >= 4 is 15.9 Å². The third-order valence-corrected chi connectivity index (χ3v) is 2.80. The minimum atomic E-state index is 0.485. The monoisotopic (exact) mass is 277 g/mol. The van der Waals surface area contributed by atoms with E-state index in [2.05, 4.69) is 38.0 Å². The summed E-state index contributed by atoms with van der Waals surface area (Å²) < 4.78 is 1.08. The maximum atomic E-state index is 5.48. The molecule has 1 aromatic carbocycles. The average molecular weight is 278 g/mol. The van der Waals surface area contributed by atoms with Crippen LogP contribution in [0.2, 0.25) is 0 Å². The first-order valence-electron chi connectivity index (χ1n) is 5.02. The summed E-state index contributed by atoms with van der Waals surface area (Å²) in [5.41, 5.74) is 7.64. The van der Waals surface area contributed by atoms with Crippen LogP contribution >= 0.6 is 15.9 Å². The van der Waals surface area contributed by atoms with E-state index in [1.807, 2.05) is 12.1 Å². The Morgan fingerprint density at radius 1 is 1.00 bits per heavy atom. The lowest BCUT2D eigenvalue weighted by Crippen LogP contribution is -2.01. The fraction of sp³-hybridized carbons (Fsp3) is 0.167. The van der Waals surface area contributed by atoms with Crippen LogP contribution in [0.15, 0.2) is 41.1 Å². The fourth-order valence-electron chi connectivity index (χ4n) is 1.36. The molecule has 0 unspecified atom stereocenters. The zero-order valence-electron chi connectivity index (χ0n) is 8.73. The van der Waals surface area contributed by atoms with E-state index in [-0.39, 0.29) is 0 Å².